The number of carbonyl (C=O) groups excluding carboxylic acids is 2. The lowest BCUT2D eigenvalue weighted by molar-refractivity contribution is -0.144. The van der Waals surface area contributed by atoms with E-state index in [1.807, 2.05) is 0 Å². The molecule has 5 N–H and O–H groups in total. The van der Waals surface area contributed by atoms with Crippen LogP contribution in [0.5, 0.6) is 0 Å². The van der Waals surface area contributed by atoms with Crippen LogP contribution in [0.3, 0.4) is 0 Å². The van der Waals surface area contributed by atoms with Gasteiger partial charge in [0, 0.05) is 6.54 Å². The van der Waals surface area contributed by atoms with Gasteiger partial charge >= 0.3 is 13.6 Å². The van der Waals surface area contributed by atoms with Crippen molar-refractivity contribution in [3.05, 3.63) is 35.9 Å². The summed E-state index contributed by atoms with van der Waals surface area (Å²) in [5.41, 5.74) is 4.24. The number of hydrogen-bond donors (Lipinski definition) is 4. The summed E-state index contributed by atoms with van der Waals surface area (Å²) in [6.45, 7) is 0.755. The van der Waals surface area contributed by atoms with Crippen LogP contribution in [0.2, 0.25) is 0 Å². The molecule has 0 aliphatic carbocycles. The molecule has 0 heterocycles. The number of benzene rings is 1. The van der Waals surface area contributed by atoms with Crippen LogP contribution in [-0.4, -0.2) is 39.9 Å². The first-order chi connectivity index (χ1) is 10.2. The Morgan fingerprint density at radius 1 is 1.32 bits per heavy atom. The van der Waals surface area contributed by atoms with Gasteiger partial charge in [-0.1, -0.05) is 30.3 Å². The van der Waals surface area contributed by atoms with Crippen molar-refractivity contribution in [2.75, 3.05) is 6.54 Å². The molecule has 8 nitrogen and oxygen atoms in total. The molecule has 9 heteroatoms. The van der Waals surface area contributed by atoms with Crippen molar-refractivity contribution in [2.45, 2.75) is 25.2 Å². The predicted octanol–water partition coefficient (Wildman–Crippen LogP) is -0.260. The molecule has 0 spiro atoms. The van der Waals surface area contributed by atoms with Gasteiger partial charge in [-0.2, -0.15) is 0 Å². The topological polar surface area (TPSA) is 139 Å². The Morgan fingerprint density at radius 2 is 1.91 bits per heavy atom. The van der Waals surface area contributed by atoms with Gasteiger partial charge in [0.2, 0.25) is 5.91 Å². The number of amides is 1. The lowest BCUT2D eigenvalue weighted by Crippen LogP contribution is -2.43. The zero-order valence-electron chi connectivity index (χ0n) is 12.0. The summed E-state index contributed by atoms with van der Waals surface area (Å²) in [5, 5.41) is 2.21. The molecule has 1 aromatic carbocycles. The minimum Gasteiger partial charge on any atom is -0.460 e. The Bertz CT molecular complexity index is 557. The van der Waals surface area contributed by atoms with Crippen molar-refractivity contribution in [3.63, 3.8) is 0 Å². The maximum absolute atomic E-state index is 11.8. The van der Waals surface area contributed by atoms with Crippen LogP contribution in [0.4, 0.5) is 0 Å². The minimum atomic E-state index is -4.77. The number of carbonyl (C=O) groups is 2. The van der Waals surface area contributed by atoms with E-state index >= 15 is 0 Å². The van der Waals surface area contributed by atoms with E-state index < -0.39 is 37.7 Å². The SMILES string of the molecule is CC(N)C(=O)NC[C@@H](C(=O)OCc1ccccc1)P(=O)(O)O. The Balaban J connectivity index is 2.65. The molecule has 2 atom stereocenters. The summed E-state index contributed by atoms with van der Waals surface area (Å²) in [5.74, 6) is -1.70. The van der Waals surface area contributed by atoms with E-state index in [2.05, 4.69) is 5.32 Å². The molecule has 0 fully saturated rings. The Hall–Kier alpha value is -1.73. The fraction of sp³-hybridized carbons (Fsp3) is 0.385. The van der Waals surface area contributed by atoms with E-state index in [1.54, 1.807) is 30.3 Å². The van der Waals surface area contributed by atoms with Crippen molar-refractivity contribution in [2.24, 2.45) is 5.73 Å². The van der Waals surface area contributed by atoms with Crippen LogP contribution < -0.4 is 11.1 Å². The highest BCUT2D eigenvalue weighted by atomic mass is 31.2. The smallest absolute Gasteiger partial charge is 0.341 e. The zero-order chi connectivity index (χ0) is 16.8. The third-order valence-electron chi connectivity index (χ3n) is 2.79. The van der Waals surface area contributed by atoms with Crippen molar-refractivity contribution < 1.29 is 28.7 Å². The number of rotatable bonds is 7. The number of esters is 1. The van der Waals surface area contributed by atoms with E-state index in [-0.39, 0.29) is 6.61 Å². The number of hydrogen-bond acceptors (Lipinski definition) is 5. The quantitative estimate of drug-likeness (QED) is 0.399. The summed E-state index contributed by atoms with van der Waals surface area (Å²) in [6.07, 6.45) is 0. The summed E-state index contributed by atoms with van der Waals surface area (Å²) in [7, 11) is -4.77. The largest absolute Gasteiger partial charge is 0.460 e. The second-order valence-corrected chi connectivity index (χ2v) is 6.53. The molecule has 0 bridgehead atoms. The average molecular weight is 330 g/mol. The predicted molar refractivity (Wildman–Crippen MR) is 78.7 cm³/mol. The monoisotopic (exact) mass is 330 g/mol. The molecular weight excluding hydrogens is 311 g/mol. The molecule has 1 unspecified atom stereocenters. The fourth-order valence-electron chi connectivity index (χ4n) is 1.52. The molecule has 1 rings (SSSR count). The van der Waals surface area contributed by atoms with Gasteiger partial charge in [-0.3, -0.25) is 14.2 Å². The molecular formula is C13H19N2O6P. The lowest BCUT2D eigenvalue weighted by atomic mass is 10.2. The van der Waals surface area contributed by atoms with Gasteiger partial charge < -0.3 is 25.6 Å². The van der Waals surface area contributed by atoms with Gasteiger partial charge in [-0.15, -0.1) is 0 Å². The van der Waals surface area contributed by atoms with Gasteiger partial charge in [-0.25, -0.2) is 0 Å². The molecule has 0 saturated heterocycles. The second kappa shape index (κ2) is 8.05. The average Bonchev–Trinajstić information content (AvgIpc) is 2.44. The first kappa shape index (κ1) is 18.3. The van der Waals surface area contributed by atoms with Gasteiger partial charge in [0.15, 0.2) is 5.66 Å². The van der Waals surface area contributed by atoms with Gasteiger partial charge in [0.25, 0.3) is 0 Å². The molecule has 22 heavy (non-hydrogen) atoms. The zero-order valence-corrected chi connectivity index (χ0v) is 12.9. The van der Waals surface area contributed by atoms with Crippen LogP contribution in [0.1, 0.15) is 12.5 Å². The van der Waals surface area contributed by atoms with Crippen LogP contribution in [0, 0.1) is 0 Å². The minimum absolute atomic E-state index is 0.114. The van der Waals surface area contributed by atoms with E-state index in [4.69, 9.17) is 10.5 Å². The van der Waals surface area contributed by atoms with E-state index in [0.29, 0.717) is 5.56 Å². The van der Waals surface area contributed by atoms with E-state index in [9.17, 15) is 23.9 Å². The van der Waals surface area contributed by atoms with Crippen molar-refractivity contribution >= 4 is 19.5 Å². The Labute approximate surface area is 127 Å². The summed E-state index contributed by atoms with van der Waals surface area (Å²) < 4.78 is 16.3. The molecule has 122 valence electrons. The van der Waals surface area contributed by atoms with Crippen molar-refractivity contribution in [1.82, 2.24) is 5.32 Å². The first-order valence-corrected chi connectivity index (χ1v) is 8.19. The van der Waals surface area contributed by atoms with Crippen molar-refractivity contribution in [1.29, 1.82) is 0 Å². The van der Waals surface area contributed by atoms with E-state index in [1.165, 1.54) is 6.92 Å². The molecule has 1 aromatic rings. The maximum atomic E-state index is 11.8. The first-order valence-electron chi connectivity index (χ1n) is 6.51. The maximum Gasteiger partial charge on any atom is 0.341 e. The Morgan fingerprint density at radius 3 is 2.41 bits per heavy atom. The third kappa shape index (κ3) is 5.95. The summed E-state index contributed by atoms with van der Waals surface area (Å²) in [4.78, 5) is 41.6. The summed E-state index contributed by atoms with van der Waals surface area (Å²) in [6, 6.07) is 7.83. The Kier molecular flexibility index (Phi) is 6.70. The third-order valence-corrected chi connectivity index (χ3v) is 3.99. The molecule has 0 aliphatic heterocycles. The molecule has 1 amide bonds. The number of nitrogens with two attached hydrogens (primary N) is 1. The van der Waals surface area contributed by atoms with Crippen LogP contribution in [-0.2, 0) is 25.5 Å². The molecule has 0 saturated carbocycles. The molecule has 0 aromatic heterocycles. The second-order valence-electron chi connectivity index (χ2n) is 4.73. The van der Waals surface area contributed by atoms with Gasteiger partial charge in [0.05, 0.1) is 6.04 Å². The highest BCUT2D eigenvalue weighted by Crippen LogP contribution is 2.41. The van der Waals surface area contributed by atoms with Crippen molar-refractivity contribution in [3.8, 4) is 0 Å². The fourth-order valence-corrected chi connectivity index (χ4v) is 2.20. The number of nitrogens with one attached hydrogen (secondary N) is 1. The van der Waals surface area contributed by atoms with Crippen LogP contribution in [0.25, 0.3) is 0 Å². The number of ether oxygens (including phenoxy) is 1. The van der Waals surface area contributed by atoms with Crippen LogP contribution in [0.15, 0.2) is 30.3 Å². The van der Waals surface area contributed by atoms with Gasteiger partial charge in [0.1, 0.15) is 6.61 Å². The standard InChI is InChI=1S/C13H19N2O6P/c1-9(14)12(16)15-7-11(22(18,19)20)13(17)21-8-10-5-3-2-4-6-10/h2-6,9,11H,7-8,14H2,1H3,(H,15,16)(H2,18,19,20)/t9?,11-/m0/s1. The molecule has 0 radical (unpaired) electrons. The van der Waals surface area contributed by atoms with Gasteiger partial charge in [-0.05, 0) is 12.5 Å². The normalized spacial score (nSPS) is 14.0. The lowest BCUT2D eigenvalue weighted by Gasteiger charge is -2.18. The molecule has 0 aliphatic rings. The highest BCUT2D eigenvalue weighted by molar-refractivity contribution is 7.53. The van der Waals surface area contributed by atoms with Crippen LogP contribution >= 0.6 is 7.60 Å². The summed E-state index contributed by atoms with van der Waals surface area (Å²) >= 11 is 0. The highest BCUT2D eigenvalue weighted by Gasteiger charge is 2.37. The van der Waals surface area contributed by atoms with E-state index in [0.717, 1.165) is 0 Å².